The Morgan fingerprint density at radius 2 is 2.09 bits per heavy atom. The summed E-state index contributed by atoms with van der Waals surface area (Å²) in [6.45, 7) is 0.981. The smallest absolute Gasteiger partial charge is 0.154 e. The Balaban J connectivity index is 3.92. The van der Waals surface area contributed by atoms with E-state index in [1.165, 1.54) is 0 Å². The van der Waals surface area contributed by atoms with Crippen LogP contribution >= 0.6 is 0 Å². The summed E-state index contributed by atoms with van der Waals surface area (Å²) in [6, 6.07) is -0.355. The van der Waals surface area contributed by atoms with E-state index in [0.717, 1.165) is 0 Å². The van der Waals surface area contributed by atoms with Gasteiger partial charge in [0.1, 0.15) is 6.67 Å². The zero-order chi connectivity index (χ0) is 8.91. The number of alkyl halides is 1. The van der Waals surface area contributed by atoms with Crippen LogP contribution in [0.4, 0.5) is 4.39 Å². The van der Waals surface area contributed by atoms with E-state index in [4.69, 9.17) is 5.73 Å². The van der Waals surface area contributed by atoms with E-state index in [9.17, 15) is 12.8 Å². The maximum Gasteiger partial charge on any atom is 0.154 e. The molecular formula is C6H14FNO2S. The summed E-state index contributed by atoms with van der Waals surface area (Å²) in [5.41, 5.74) is 5.39. The second-order valence-electron chi connectivity index (χ2n) is 2.47. The fourth-order valence-electron chi connectivity index (χ4n) is 0.645. The summed E-state index contributed by atoms with van der Waals surface area (Å²) < 4.78 is 33.4. The fraction of sp³-hybridized carbons (Fsp3) is 1.00. The van der Waals surface area contributed by atoms with E-state index in [-0.39, 0.29) is 11.8 Å². The molecule has 0 saturated carbocycles. The molecule has 0 amide bonds. The number of halogens is 1. The first-order valence-electron chi connectivity index (χ1n) is 3.53. The highest BCUT2D eigenvalue weighted by Crippen LogP contribution is 1.96. The maximum absolute atomic E-state index is 11.6. The van der Waals surface area contributed by atoms with E-state index < -0.39 is 22.3 Å². The van der Waals surface area contributed by atoms with Gasteiger partial charge in [0.05, 0.1) is 11.5 Å². The Morgan fingerprint density at radius 1 is 1.55 bits per heavy atom. The molecule has 68 valence electrons. The molecule has 0 aliphatic rings. The van der Waals surface area contributed by atoms with Gasteiger partial charge in [0.2, 0.25) is 0 Å². The lowest BCUT2D eigenvalue weighted by Crippen LogP contribution is -2.30. The summed E-state index contributed by atoms with van der Waals surface area (Å²) in [4.78, 5) is 0. The van der Waals surface area contributed by atoms with E-state index in [2.05, 4.69) is 0 Å². The first-order valence-corrected chi connectivity index (χ1v) is 5.36. The predicted molar refractivity (Wildman–Crippen MR) is 42.9 cm³/mol. The van der Waals surface area contributed by atoms with Crippen molar-refractivity contribution in [3.63, 3.8) is 0 Å². The molecule has 0 aromatic rings. The molecule has 1 atom stereocenters. The lowest BCUT2D eigenvalue weighted by molar-refractivity contribution is 0.515. The molecule has 2 N–H and O–H groups in total. The van der Waals surface area contributed by atoms with Gasteiger partial charge < -0.3 is 5.73 Å². The molecule has 0 aliphatic heterocycles. The monoisotopic (exact) mass is 183 g/mol. The molecule has 0 aliphatic carbocycles. The molecule has 3 nitrogen and oxygen atoms in total. The first-order chi connectivity index (χ1) is 5.02. The Kier molecular flexibility index (Phi) is 4.60. The third-order valence-corrected chi connectivity index (χ3v) is 3.09. The van der Waals surface area contributed by atoms with Crippen molar-refractivity contribution in [3.8, 4) is 0 Å². The van der Waals surface area contributed by atoms with Gasteiger partial charge in [-0.1, -0.05) is 6.92 Å². The molecule has 0 fully saturated rings. The van der Waals surface area contributed by atoms with Gasteiger partial charge in [0, 0.05) is 6.04 Å². The van der Waals surface area contributed by atoms with Crippen molar-refractivity contribution in [1.82, 2.24) is 0 Å². The summed E-state index contributed by atoms with van der Waals surface area (Å²) in [5, 5.41) is 0. The predicted octanol–water partition coefficient (Wildman–Crippen LogP) is 0.108. The lowest BCUT2D eigenvalue weighted by atomic mass is 10.3. The van der Waals surface area contributed by atoms with Crippen molar-refractivity contribution in [2.45, 2.75) is 19.4 Å². The highest BCUT2D eigenvalue weighted by Gasteiger charge is 2.14. The average molecular weight is 183 g/mol. The molecular weight excluding hydrogens is 169 g/mol. The summed E-state index contributed by atoms with van der Waals surface area (Å²) in [6.07, 6.45) is 0.603. The molecule has 0 spiro atoms. The second kappa shape index (κ2) is 4.66. The standard InChI is InChI=1S/C6H14FNO2S/c1-2-6(8)5-11(9,10)4-3-7/h6H,2-5,8H2,1H3. The minimum absolute atomic E-state index is 0.104. The van der Waals surface area contributed by atoms with Crippen molar-refractivity contribution < 1.29 is 12.8 Å². The Hall–Kier alpha value is -0.160. The van der Waals surface area contributed by atoms with Crippen molar-refractivity contribution in [3.05, 3.63) is 0 Å². The summed E-state index contributed by atoms with van der Waals surface area (Å²) in [7, 11) is -3.24. The van der Waals surface area contributed by atoms with Crippen LogP contribution in [0, 0.1) is 0 Å². The number of nitrogens with two attached hydrogens (primary N) is 1. The van der Waals surface area contributed by atoms with Crippen molar-refractivity contribution in [2.75, 3.05) is 18.2 Å². The summed E-state index contributed by atoms with van der Waals surface area (Å²) in [5.74, 6) is -0.506. The Labute approximate surface area is 66.7 Å². The largest absolute Gasteiger partial charge is 0.327 e. The second-order valence-corrected chi connectivity index (χ2v) is 4.70. The zero-order valence-corrected chi connectivity index (χ0v) is 7.40. The Morgan fingerprint density at radius 3 is 2.45 bits per heavy atom. The van der Waals surface area contributed by atoms with Crippen LogP contribution in [0.5, 0.6) is 0 Å². The highest BCUT2D eigenvalue weighted by atomic mass is 32.2. The molecule has 5 heteroatoms. The maximum atomic E-state index is 11.6. The van der Waals surface area contributed by atoms with E-state index in [1.807, 2.05) is 0 Å². The fourth-order valence-corrected chi connectivity index (χ4v) is 1.93. The van der Waals surface area contributed by atoms with Gasteiger partial charge in [0.15, 0.2) is 9.84 Å². The third kappa shape index (κ3) is 5.15. The van der Waals surface area contributed by atoms with Gasteiger partial charge in [-0.25, -0.2) is 12.8 Å². The molecule has 0 aromatic carbocycles. The van der Waals surface area contributed by atoms with Gasteiger partial charge in [-0.15, -0.1) is 0 Å². The summed E-state index contributed by atoms with van der Waals surface area (Å²) >= 11 is 0. The van der Waals surface area contributed by atoms with Gasteiger partial charge in [-0.2, -0.15) is 0 Å². The van der Waals surface area contributed by atoms with E-state index in [0.29, 0.717) is 6.42 Å². The minimum atomic E-state index is -3.24. The normalized spacial score (nSPS) is 14.8. The van der Waals surface area contributed by atoms with Crippen LogP contribution in [-0.4, -0.2) is 32.6 Å². The van der Waals surface area contributed by atoms with Crippen molar-refractivity contribution in [2.24, 2.45) is 5.73 Å². The van der Waals surface area contributed by atoms with Crippen molar-refractivity contribution >= 4 is 9.84 Å². The molecule has 0 bridgehead atoms. The van der Waals surface area contributed by atoms with E-state index >= 15 is 0 Å². The van der Waals surface area contributed by atoms with E-state index in [1.54, 1.807) is 6.92 Å². The van der Waals surface area contributed by atoms with Crippen LogP contribution in [0.3, 0.4) is 0 Å². The molecule has 11 heavy (non-hydrogen) atoms. The Bertz CT molecular complexity index is 191. The number of hydrogen-bond donors (Lipinski definition) is 1. The molecule has 0 saturated heterocycles. The van der Waals surface area contributed by atoms with Gasteiger partial charge in [0.25, 0.3) is 0 Å². The van der Waals surface area contributed by atoms with Gasteiger partial charge in [-0.05, 0) is 6.42 Å². The van der Waals surface area contributed by atoms with Gasteiger partial charge in [-0.3, -0.25) is 0 Å². The topological polar surface area (TPSA) is 60.2 Å². The van der Waals surface area contributed by atoms with Crippen LogP contribution in [0.15, 0.2) is 0 Å². The molecule has 1 unspecified atom stereocenters. The van der Waals surface area contributed by atoms with Crippen LogP contribution in [0.2, 0.25) is 0 Å². The van der Waals surface area contributed by atoms with Crippen molar-refractivity contribution in [1.29, 1.82) is 0 Å². The molecule has 0 radical (unpaired) electrons. The van der Waals surface area contributed by atoms with Crippen LogP contribution in [-0.2, 0) is 9.84 Å². The van der Waals surface area contributed by atoms with Crippen LogP contribution < -0.4 is 5.73 Å². The number of rotatable bonds is 5. The molecule has 0 heterocycles. The number of sulfone groups is 1. The highest BCUT2D eigenvalue weighted by molar-refractivity contribution is 7.91. The third-order valence-electron chi connectivity index (χ3n) is 1.38. The van der Waals surface area contributed by atoms with Crippen LogP contribution in [0.1, 0.15) is 13.3 Å². The van der Waals surface area contributed by atoms with Gasteiger partial charge >= 0.3 is 0 Å². The quantitative estimate of drug-likeness (QED) is 0.658. The minimum Gasteiger partial charge on any atom is -0.327 e. The SMILES string of the molecule is CCC(N)CS(=O)(=O)CCF. The average Bonchev–Trinajstić information content (AvgIpc) is 1.86. The number of hydrogen-bond acceptors (Lipinski definition) is 3. The zero-order valence-electron chi connectivity index (χ0n) is 6.59. The molecule has 0 aromatic heterocycles. The lowest BCUT2D eigenvalue weighted by Gasteiger charge is -2.07. The first kappa shape index (κ1) is 10.8. The molecule has 0 rings (SSSR count). The van der Waals surface area contributed by atoms with Crippen LogP contribution in [0.25, 0.3) is 0 Å².